The van der Waals surface area contributed by atoms with Crippen molar-refractivity contribution < 1.29 is 17.6 Å². The third-order valence-corrected chi connectivity index (χ3v) is 2.86. The second-order valence-electron chi connectivity index (χ2n) is 3.62. The molecule has 4 nitrogen and oxygen atoms in total. The van der Waals surface area contributed by atoms with Gasteiger partial charge in [0.2, 0.25) is 5.16 Å². The fraction of sp³-hybridized carbons (Fsp3) is 0.182. The first-order valence-corrected chi connectivity index (χ1v) is 6.51. The van der Waals surface area contributed by atoms with E-state index >= 15 is 0 Å². The highest BCUT2D eigenvalue weighted by Gasteiger charge is 2.38. The van der Waals surface area contributed by atoms with Crippen LogP contribution in [-0.4, -0.2) is 27.3 Å². The van der Waals surface area contributed by atoms with Crippen LogP contribution in [0.2, 0.25) is 0 Å². The lowest BCUT2D eigenvalue weighted by molar-refractivity contribution is -0.147. The Hall–Kier alpha value is -1.90. The highest BCUT2D eigenvalue weighted by Crippen LogP contribution is 2.29. The van der Waals surface area contributed by atoms with Crippen LogP contribution in [-0.2, 0) is 6.18 Å². The molecule has 0 unspecified atom stereocenters. The molecular weight excluding hydrogens is 296 g/mol. The molecule has 0 N–H and O–H groups in total. The fourth-order valence-electron chi connectivity index (χ4n) is 1.35. The van der Waals surface area contributed by atoms with Gasteiger partial charge in [0.15, 0.2) is 0 Å². The Balaban J connectivity index is 2.37. The molecule has 0 saturated heterocycles. The summed E-state index contributed by atoms with van der Waals surface area (Å²) in [5.41, 5.74) is 0.459. The number of hydrogen-bond donors (Lipinski definition) is 0. The van der Waals surface area contributed by atoms with Gasteiger partial charge in [0.25, 0.3) is 5.82 Å². The van der Waals surface area contributed by atoms with Crippen molar-refractivity contribution in [2.75, 3.05) is 6.26 Å². The summed E-state index contributed by atoms with van der Waals surface area (Å²) in [6.07, 6.45) is -1.91. The van der Waals surface area contributed by atoms with Crippen molar-refractivity contribution in [1.82, 2.24) is 14.9 Å². The van der Waals surface area contributed by atoms with E-state index in [2.05, 4.69) is 15.3 Å². The van der Waals surface area contributed by atoms with Crippen LogP contribution in [0.15, 0.2) is 34.5 Å². The van der Waals surface area contributed by atoms with Crippen LogP contribution < -0.4 is 0 Å². The van der Waals surface area contributed by atoms with Crippen molar-refractivity contribution in [3.63, 3.8) is 0 Å². The Labute approximate surface area is 115 Å². The monoisotopic (exact) mass is 304 g/mol. The topological polar surface area (TPSA) is 43.1 Å². The van der Waals surface area contributed by atoms with E-state index in [1.807, 2.05) is 0 Å². The van der Waals surface area contributed by atoms with Crippen LogP contribution >= 0.6 is 11.8 Å². The van der Waals surface area contributed by atoms with Crippen LogP contribution in [0.4, 0.5) is 17.6 Å². The van der Waals surface area contributed by atoms with Gasteiger partial charge in [-0.05, 0) is 24.0 Å². The predicted molar refractivity (Wildman–Crippen MR) is 66.2 cm³/mol. The molecule has 0 aliphatic heterocycles. The van der Waals surface area contributed by atoms with Crippen molar-refractivity contribution in [3.05, 3.63) is 41.5 Å². The predicted octanol–water partition coefficient (Wildman–Crippen LogP) is 3.04. The van der Waals surface area contributed by atoms with Gasteiger partial charge in [-0.15, -0.1) is 10.2 Å². The molecule has 0 fully saturated rings. The maximum absolute atomic E-state index is 12.7. The zero-order valence-corrected chi connectivity index (χ0v) is 10.9. The van der Waals surface area contributed by atoms with Gasteiger partial charge in [-0.25, -0.2) is 4.39 Å². The van der Waals surface area contributed by atoms with Crippen LogP contribution in [0.3, 0.4) is 0 Å². The average molecular weight is 304 g/mol. The van der Waals surface area contributed by atoms with Crippen molar-refractivity contribution in [3.8, 4) is 0 Å². The van der Waals surface area contributed by atoms with Crippen molar-refractivity contribution >= 4 is 18.0 Å². The van der Waals surface area contributed by atoms with Crippen LogP contribution in [0.5, 0.6) is 0 Å². The molecule has 0 spiro atoms. The molecular formula is C11H8F4N4S. The highest BCUT2D eigenvalue weighted by atomic mass is 32.2. The number of benzene rings is 1. The normalized spacial score (nSPS) is 12.2. The lowest BCUT2D eigenvalue weighted by Crippen LogP contribution is -2.13. The Bertz CT molecular complexity index is 618. The molecule has 9 heteroatoms. The van der Waals surface area contributed by atoms with E-state index in [0.717, 1.165) is 11.8 Å². The minimum absolute atomic E-state index is 0.00990. The average Bonchev–Trinajstić information content (AvgIpc) is 2.81. The molecule has 0 saturated carbocycles. The second kappa shape index (κ2) is 5.61. The molecule has 2 rings (SSSR count). The number of thioether (sulfide) groups is 1. The minimum Gasteiger partial charge on any atom is -0.207 e. The maximum atomic E-state index is 12.7. The molecule has 1 aromatic heterocycles. The van der Waals surface area contributed by atoms with Crippen LogP contribution in [0.1, 0.15) is 11.4 Å². The molecule has 0 atom stereocenters. The minimum atomic E-state index is -4.65. The fourth-order valence-corrected chi connectivity index (χ4v) is 1.78. The molecule has 0 amide bonds. The van der Waals surface area contributed by atoms with Crippen LogP contribution in [0.25, 0.3) is 0 Å². The lowest BCUT2D eigenvalue weighted by Gasteiger charge is -2.05. The molecule has 0 bridgehead atoms. The number of hydrogen-bond acceptors (Lipinski definition) is 4. The van der Waals surface area contributed by atoms with E-state index in [9.17, 15) is 17.6 Å². The molecule has 0 aliphatic rings. The molecule has 2 aromatic rings. The third kappa shape index (κ3) is 3.16. The standard InChI is InChI=1S/C11H8F4N4S/c1-20-10-18-17-9(11(13,14)15)19(10)16-6-7-2-4-8(12)5-3-7/h2-6H,1H3/b16-6+. The molecule has 106 valence electrons. The van der Waals surface area contributed by atoms with Crippen molar-refractivity contribution in [1.29, 1.82) is 0 Å². The summed E-state index contributed by atoms with van der Waals surface area (Å²) < 4.78 is 51.5. The van der Waals surface area contributed by atoms with Gasteiger partial charge in [0.1, 0.15) is 5.82 Å². The first-order valence-electron chi connectivity index (χ1n) is 5.28. The zero-order chi connectivity index (χ0) is 14.8. The number of rotatable bonds is 3. The van der Waals surface area contributed by atoms with E-state index in [1.54, 1.807) is 6.26 Å². The van der Waals surface area contributed by atoms with Crippen molar-refractivity contribution in [2.24, 2.45) is 5.10 Å². The molecule has 0 aliphatic carbocycles. The summed E-state index contributed by atoms with van der Waals surface area (Å²) in [4.78, 5) is 0. The Morgan fingerprint density at radius 1 is 1.20 bits per heavy atom. The quantitative estimate of drug-likeness (QED) is 0.497. The zero-order valence-electron chi connectivity index (χ0n) is 10.1. The smallest absolute Gasteiger partial charge is 0.207 e. The maximum Gasteiger partial charge on any atom is 0.453 e. The number of aromatic nitrogens is 3. The number of alkyl halides is 3. The van der Waals surface area contributed by atoms with E-state index in [-0.39, 0.29) is 5.16 Å². The van der Waals surface area contributed by atoms with E-state index in [1.165, 1.54) is 30.5 Å². The molecule has 1 heterocycles. The Morgan fingerprint density at radius 2 is 1.85 bits per heavy atom. The second-order valence-corrected chi connectivity index (χ2v) is 4.39. The van der Waals surface area contributed by atoms with Gasteiger partial charge < -0.3 is 0 Å². The Kier molecular flexibility index (Phi) is 4.07. The first-order chi connectivity index (χ1) is 9.41. The SMILES string of the molecule is CSc1nnc(C(F)(F)F)n1/N=C/c1ccc(F)cc1. The van der Waals surface area contributed by atoms with Crippen LogP contribution in [0, 0.1) is 5.82 Å². The summed E-state index contributed by atoms with van der Waals surface area (Å²) in [5.74, 6) is -1.65. The Morgan fingerprint density at radius 3 is 2.40 bits per heavy atom. The summed E-state index contributed by atoms with van der Waals surface area (Å²) in [5, 5.41) is 10.2. The number of nitrogens with zero attached hydrogens (tertiary/aromatic N) is 4. The summed E-state index contributed by atoms with van der Waals surface area (Å²) in [7, 11) is 0. The lowest BCUT2D eigenvalue weighted by atomic mass is 10.2. The summed E-state index contributed by atoms with van der Waals surface area (Å²) in [6, 6.07) is 5.17. The first kappa shape index (κ1) is 14.5. The van der Waals surface area contributed by atoms with E-state index in [0.29, 0.717) is 10.2 Å². The van der Waals surface area contributed by atoms with E-state index < -0.39 is 17.8 Å². The van der Waals surface area contributed by atoms with Gasteiger partial charge in [-0.3, -0.25) is 0 Å². The van der Waals surface area contributed by atoms with E-state index in [4.69, 9.17) is 0 Å². The molecule has 20 heavy (non-hydrogen) atoms. The van der Waals surface area contributed by atoms with Gasteiger partial charge in [0, 0.05) is 0 Å². The van der Waals surface area contributed by atoms with Gasteiger partial charge in [-0.1, -0.05) is 23.9 Å². The van der Waals surface area contributed by atoms with Gasteiger partial charge in [-0.2, -0.15) is 22.9 Å². The summed E-state index contributed by atoms with van der Waals surface area (Å²) in [6.45, 7) is 0. The summed E-state index contributed by atoms with van der Waals surface area (Å²) >= 11 is 0.986. The van der Waals surface area contributed by atoms with Crippen molar-refractivity contribution in [2.45, 2.75) is 11.3 Å². The number of halogens is 4. The highest BCUT2D eigenvalue weighted by molar-refractivity contribution is 7.98. The van der Waals surface area contributed by atoms with Gasteiger partial charge >= 0.3 is 6.18 Å². The largest absolute Gasteiger partial charge is 0.453 e. The third-order valence-electron chi connectivity index (χ3n) is 2.24. The molecule has 0 radical (unpaired) electrons. The van der Waals surface area contributed by atoms with Gasteiger partial charge in [0.05, 0.1) is 6.21 Å². The molecule has 1 aromatic carbocycles.